The fourth-order valence-corrected chi connectivity index (χ4v) is 1.90. The molecule has 6 nitrogen and oxygen atoms in total. The third kappa shape index (κ3) is 2.15. The largest absolute Gasteiger partial charge is 0.369 e. The predicted octanol–water partition coefficient (Wildman–Crippen LogP) is 0.302. The monoisotopic (exact) mass is 236 g/mol. The molecule has 2 N–H and O–H groups in total. The summed E-state index contributed by atoms with van der Waals surface area (Å²) in [6.07, 6.45) is 3.65. The molecule has 2 amide bonds. The van der Waals surface area contributed by atoms with Crippen LogP contribution in [0.1, 0.15) is 26.3 Å². The van der Waals surface area contributed by atoms with Gasteiger partial charge in [-0.15, -0.1) is 0 Å². The van der Waals surface area contributed by atoms with E-state index in [4.69, 9.17) is 5.73 Å². The summed E-state index contributed by atoms with van der Waals surface area (Å²) in [6.45, 7) is 4.38. The molecule has 0 radical (unpaired) electrons. The van der Waals surface area contributed by atoms with Crippen molar-refractivity contribution in [1.29, 1.82) is 0 Å². The maximum absolute atomic E-state index is 11.7. The number of nitrogens with two attached hydrogens (primary N) is 1. The van der Waals surface area contributed by atoms with E-state index in [0.29, 0.717) is 6.54 Å². The van der Waals surface area contributed by atoms with Crippen molar-refractivity contribution in [3.8, 4) is 0 Å². The van der Waals surface area contributed by atoms with Gasteiger partial charge in [-0.2, -0.15) is 5.10 Å². The Labute approximate surface area is 99.4 Å². The molecular weight excluding hydrogens is 220 g/mol. The van der Waals surface area contributed by atoms with Gasteiger partial charge in [-0.05, 0) is 13.8 Å². The van der Waals surface area contributed by atoms with Gasteiger partial charge in [0.25, 0.3) is 0 Å². The van der Waals surface area contributed by atoms with E-state index in [-0.39, 0.29) is 24.3 Å². The highest BCUT2D eigenvalue weighted by Crippen LogP contribution is 2.25. The van der Waals surface area contributed by atoms with Crippen LogP contribution >= 0.6 is 0 Å². The van der Waals surface area contributed by atoms with E-state index in [2.05, 4.69) is 5.10 Å². The first-order chi connectivity index (χ1) is 7.99. The van der Waals surface area contributed by atoms with Gasteiger partial charge in [-0.3, -0.25) is 14.3 Å². The number of amides is 2. The lowest BCUT2D eigenvalue weighted by Crippen LogP contribution is -2.28. The molecule has 0 spiro atoms. The average Bonchev–Trinajstić information content (AvgIpc) is 2.83. The number of carbonyl (C=O) groups excluding carboxylic acids is 2. The van der Waals surface area contributed by atoms with Crippen LogP contribution < -0.4 is 10.6 Å². The van der Waals surface area contributed by atoms with E-state index in [1.54, 1.807) is 15.8 Å². The number of hydrogen-bond donors (Lipinski definition) is 1. The van der Waals surface area contributed by atoms with Crippen LogP contribution in [0.3, 0.4) is 0 Å². The minimum atomic E-state index is -0.419. The second kappa shape index (κ2) is 4.20. The summed E-state index contributed by atoms with van der Waals surface area (Å²) in [7, 11) is 0. The molecule has 1 atom stereocenters. The summed E-state index contributed by atoms with van der Waals surface area (Å²) >= 11 is 0. The molecule has 1 fully saturated rings. The predicted molar refractivity (Wildman–Crippen MR) is 62.3 cm³/mol. The molecule has 2 rings (SSSR count). The van der Waals surface area contributed by atoms with Gasteiger partial charge in [-0.1, -0.05) is 0 Å². The van der Waals surface area contributed by atoms with Gasteiger partial charge in [0.1, 0.15) is 0 Å². The van der Waals surface area contributed by atoms with Crippen LogP contribution in [0.5, 0.6) is 0 Å². The smallest absolute Gasteiger partial charge is 0.227 e. The molecular formula is C11H16N4O2. The molecule has 0 aliphatic carbocycles. The second-order valence-corrected chi connectivity index (χ2v) is 4.58. The molecule has 2 heterocycles. The Kier molecular flexibility index (Phi) is 2.87. The lowest BCUT2D eigenvalue weighted by Gasteiger charge is -2.13. The van der Waals surface area contributed by atoms with Crippen molar-refractivity contribution in [3.05, 3.63) is 12.4 Å². The summed E-state index contributed by atoms with van der Waals surface area (Å²) in [5, 5.41) is 4.17. The van der Waals surface area contributed by atoms with Crippen LogP contribution in [0.4, 0.5) is 5.69 Å². The maximum Gasteiger partial charge on any atom is 0.227 e. The van der Waals surface area contributed by atoms with Crippen LogP contribution in [-0.4, -0.2) is 28.1 Å². The zero-order valence-corrected chi connectivity index (χ0v) is 9.96. The Balaban J connectivity index is 2.17. The molecule has 1 unspecified atom stereocenters. The van der Waals surface area contributed by atoms with Crippen LogP contribution in [0, 0.1) is 5.92 Å². The first kappa shape index (κ1) is 11.6. The highest BCUT2D eigenvalue weighted by atomic mass is 16.2. The van der Waals surface area contributed by atoms with E-state index in [1.807, 2.05) is 20.0 Å². The van der Waals surface area contributed by atoms with Gasteiger partial charge in [0.2, 0.25) is 11.8 Å². The summed E-state index contributed by atoms with van der Waals surface area (Å²) < 4.78 is 1.78. The molecule has 0 bridgehead atoms. The molecule has 1 aromatic heterocycles. The third-order valence-electron chi connectivity index (χ3n) is 2.96. The maximum atomic E-state index is 11.7. The van der Waals surface area contributed by atoms with Crippen LogP contribution in [-0.2, 0) is 9.59 Å². The lowest BCUT2D eigenvalue weighted by atomic mass is 10.1. The van der Waals surface area contributed by atoms with E-state index < -0.39 is 5.91 Å². The number of carbonyl (C=O) groups is 2. The summed E-state index contributed by atoms with van der Waals surface area (Å²) in [5.41, 5.74) is 5.94. The summed E-state index contributed by atoms with van der Waals surface area (Å²) in [4.78, 5) is 24.4. The van der Waals surface area contributed by atoms with Crippen molar-refractivity contribution in [1.82, 2.24) is 9.78 Å². The molecule has 1 aliphatic rings. The van der Waals surface area contributed by atoms with Gasteiger partial charge in [-0.25, -0.2) is 0 Å². The van der Waals surface area contributed by atoms with E-state index in [9.17, 15) is 9.59 Å². The van der Waals surface area contributed by atoms with Crippen molar-refractivity contribution >= 4 is 17.5 Å². The molecule has 17 heavy (non-hydrogen) atoms. The van der Waals surface area contributed by atoms with Gasteiger partial charge in [0, 0.05) is 25.2 Å². The van der Waals surface area contributed by atoms with Crippen molar-refractivity contribution in [2.45, 2.75) is 26.3 Å². The fraction of sp³-hybridized carbons (Fsp3) is 0.545. The minimum Gasteiger partial charge on any atom is -0.369 e. The standard InChI is InChI=1S/C11H16N4O2/c1-7(2)15-6-9(4-13-15)14-5-8(11(12)17)3-10(14)16/h4,6-8H,3,5H2,1-2H3,(H2,12,17). The SMILES string of the molecule is CC(C)n1cc(N2CC(C(N)=O)CC2=O)cn1. The highest BCUT2D eigenvalue weighted by molar-refractivity contribution is 5.99. The van der Waals surface area contributed by atoms with Gasteiger partial charge >= 0.3 is 0 Å². The first-order valence-corrected chi connectivity index (χ1v) is 5.63. The van der Waals surface area contributed by atoms with E-state index in [1.165, 1.54) is 0 Å². The lowest BCUT2D eigenvalue weighted by molar-refractivity contribution is -0.123. The zero-order valence-electron chi connectivity index (χ0n) is 9.96. The zero-order chi connectivity index (χ0) is 12.6. The highest BCUT2D eigenvalue weighted by Gasteiger charge is 2.34. The number of hydrogen-bond acceptors (Lipinski definition) is 3. The topological polar surface area (TPSA) is 81.2 Å². The number of rotatable bonds is 3. The van der Waals surface area contributed by atoms with Crippen LogP contribution in [0.2, 0.25) is 0 Å². The summed E-state index contributed by atoms with van der Waals surface area (Å²) in [6, 6.07) is 0.244. The Morgan fingerprint density at radius 2 is 2.29 bits per heavy atom. The van der Waals surface area contributed by atoms with Crippen molar-refractivity contribution in [2.75, 3.05) is 11.4 Å². The Morgan fingerprint density at radius 3 is 2.76 bits per heavy atom. The molecule has 92 valence electrons. The van der Waals surface area contributed by atoms with Gasteiger partial charge < -0.3 is 10.6 Å². The van der Waals surface area contributed by atoms with Gasteiger partial charge in [0.05, 0.1) is 17.8 Å². The van der Waals surface area contributed by atoms with Gasteiger partial charge in [0.15, 0.2) is 0 Å². The van der Waals surface area contributed by atoms with Crippen molar-refractivity contribution < 1.29 is 9.59 Å². The third-order valence-corrected chi connectivity index (χ3v) is 2.96. The normalized spacial score (nSPS) is 20.3. The van der Waals surface area contributed by atoms with E-state index >= 15 is 0 Å². The molecule has 1 saturated heterocycles. The fourth-order valence-electron chi connectivity index (χ4n) is 1.90. The first-order valence-electron chi connectivity index (χ1n) is 5.63. The van der Waals surface area contributed by atoms with E-state index in [0.717, 1.165) is 5.69 Å². The number of nitrogens with zero attached hydrogens (tertiary/aromatic N) is 3. The molecule has 6 heteroatoms. The molecule has 0 aromatic carbocycles. The number of primary amides is 1. The minimum absolute atomic E-state index is 0.0721. The quantitative estimate of drug-likeness (QED) is 0.819. The summed E-state index contributed by atoms with van der Waals surface area (Å²) in [5.74, 6) is -0.876. The van der Waals surface area contributed by atoms with Crippen molar-refractivity contribution in [3.63, 3.8) is 0 Å². The molecule has 0 saturated carbocycles. The molecule has 1 aromatic rings. The Bertz CT molecular complexity index is 452. The van der Waals surface area contributed by atoms with Crippen LogP contribution in [0.15, 0.2) is 12.4 Å². The van der Waals surface area contributed by atoms with Crippen LogP contribution in [0.25, 0.3) is 0 Å². The number of aromatic nitrogens is 2. The Hall–Kier alpha value is -1.85. The van der Waals surface area contributed by atoms with Crippen molar-refractivity contribution in [2.24, 2.45) is 11.7 Å². The molecule has 1 aliphatic heterocycles. The number of anilines is 1. The Morgan fingerprint density at radius 1 is 1.59 bits per heavy atom. The average molecular weight is 236 g/mol. The second-order valence-electron chi connectivity index (χ2n) is 4.58.